The van der Waals surface area contributed by atoms with Crippen LogP contribution in [-0.4, -0.2) is 54.4 Å². The molecule has 1 fully saturated rings. The van der Waals surface area contributed by atoms with Crippen molar-refractivity contribution in [2.45, 2.75) is 44.7 Å². The van der Waals surface area contributed by atoms with Crippen molar-refractivity contribution in [3.8, 4) is 0 Å². The number of carbonyl (C=O) groups is 2. The minimum atomic E-state index is -3.67. The van der Waals surface area contributed by atoms with Gasteiger partial charge in [-0.25, -0.2) is 13.6 Å². The minimum Gasteiger partial charge on any atom is -0.334 e. The summed E-state index contributed by atoms with van der Waals surface area (Å²) in [5.41, 5.74) is 0.491. The van der Waals surface area contributed by atoms with Gasteiger partial charge >= 0.3 is 0 Å². The molecule has 0 spiro atoms. The van der Waals surface area contributed by atoms with Gasteiger partial charge in [-0.1, -0.05) is 48.9 Å². The van der Waals surface area contributed by atoms with Gasteiger partial charge in [0.15, 0.2) is 0 Å². The zero-order chi connectivity index (χ0) is 26.1. The average molecular weight is 548 g/mol. The Balaban J connectivity index is 1.65. The Morgan fingerprint density at radius 1 is 1.19 bits per heavy atom. The van der Waals surface area contributed by atoms with Crippen LogP contribution >= 0.6 is 22.9 Å². The van der Waals surface area contributed by atoms with Crippen molar-refractivity contribution < 1.29 is 18.0 Å². The molecule has 7 nitrogen and oxygen atoms in total. The molecule has 36 heavy (non-hydrogen) atoms. The second-order valence-electron chi connectivity index (χ2n) is 9.18. The number of halogens is 1. The molecule has 3 aromatic rings. The van der Waals surface area contributed by atoms with Crippen LogP contribution in [0.25, 0.3) is 10.1 Å². The summed E-state index contributed by atoms with van der Waals surface area (Å²) in [6.45, 7) is 4.50. The van der Waals surface area contributed by atoms with Crippen LogP contribution in [0.3, 0.4) is 0 Å². The zero-order valence-electron chi connectivity index (χ0n) is 20.3. The van der Waals surface area contributed by atoms with E-state index >= 15 is 0 Å². The molecule has 192 valence electrons. The summed E-state index contributed by atoms with van der Waals surface area (Å²) in [7, 11) is -3.67. The number of fused-ring (bicyclic) bond motifs is 1. The van der Waals surface area contributed by atoms with Crippen LogP contribution in [0, 0.1) is 0 Å². The smallest absolute Gasteiger partial charge is 0.256 e. The van der Waals surface area contributed by atoms with Crippen molar-refractivity contribution in [2.75, 3.05) is 18.8 Å². The number of hydrogen-bond acceptors (Lipinski definition) is 5. The lowest BCUT2D eigenvalue weighted by atomic mass is 9.79. The maximum absolute atomic E-state index is 14.2. The number of sulfonamides is 1. The lowest BCUT2D eigenvalue weighted by Gasteiger charge is -2.53. The van der Waals surface area contributed by atoms with Gasteiger partial charge in [0.2, 0.25) is 15.9 Å². The van der Waals surface area contributed by atoms with Crippen LogP contribution in [0.2, 0.25) is 5.02 Å². The quantitative estimate of drug-likeness (QED) is 0.415. The second-order valence-corrected chi connectivity index (χ2v) is 12.3. The van der Waals surface area contributed by atoms with Crippen molar-refractivity contribution in [1.82, 2.24) is 9.80 Å². The predicted molar refractivity (Wildman–Crippen MR) is 145 cm³/mol. The topological polar surface area (TPSA) is 101 Å². The molecule has 0 radical (unpaired) electrons. The maximum atomic E-state index is 14.2. The third-order valence-corrected chi connectivity index (χ3v) is 9.19. The Labute approximate surface area is 220 Å². The van der Waals surface area contributed by atoms with Crippen LogP contribution in [0.5, 0.6) is 0 Å². The molecule has 2 heterocycles. The lowest BCUT2D eigenvalue weighted by Crippen LogP contribution is -2.69. The Kier molecular flexibility index (Phi) is 7.75. The van der Waals surface area contributed by atoms with Gasteiger partial charge in [0.05, 0.1) is 17.4 Å². The van der Waals surface area contributed by atoms with Crippen molar-refractivity contribution in [1.29, 1.82) is 0 Å². The Morgan fingerprint density at radius 3 is 2.50 bits per heavy atom. The molecule has 10 heteroatoms. The number of nitrogens with two attached hydrogens (primary N) is 1. The summed E-state index contributed by atoms with van der Waals surface area (Å²) >= 11 is 7.57. The van der Waals surface area contributed by atoms with E-state index in [1.54, 1.807) is 21.9 Å². The van der Waals surface area contributed by atoms with Gasteiger partial charge in [-0.05, 0) is 49.9 Å². The molecule has 1 aliphatic rings. The first-order chi connectivity index (χ1) is 17.1. The molecule has 2 aromatic carbocycles. The van der Waals surface area contributed by atoms with Crippen LogP contribution < -0.4 is 5.14 Å². The van der Waals surface area contributed by atoms with Gasteiger partial charge in [0.25, 0.3) is 5.91 Å². The monoisotopic (exact) mass is 547 g/mol. The SMILES string of the molecule is CC[C@]1(C(=O)N(CCCS(N)(=O)=O)[C@@H](C)c2ccc(Cl)cc2)CCN1C(=O)c1csc2ccccc12. The molecule has 1 saturated heterocycles. The van der Waals surface area contributed by atoms with Gasteiger partial charge in [-0.15, -0.1) is 11.3 Å². The number of primary sulfonamides is 1. The lowest BCUT2D eigenvalue weighted by molar-refractivity contribution is -0.153. The zero-order valence-corrected chi connectivity index (χ0v) is 22.7. The van der Waals surface area contributed by atoms with E-state index in [2.05, 4.69) is 0 Å². The van der Waals surface area contributed by atoms with Gasteiger partial charge in [0.1, 0.15) is 5.54 Å². The minimum absolute atomic E-state index is 0.155. The van der Waals surface area contributed by atoms with E-state index in [9.17, 15) is 18.0 Å². The highest BCUT2D eigenvalue weighted by atomic mass is 35.5. The van der Waals surface area contributed by atoms with E-state index in [4.69, 9.17) is 16.7 Å². The third kappa shape index (κ3) is 5.16. The molecule has 2 atom stereocenters. The maximum Gasteiger partial charge on any atom is 0.256 e. The summed E-state index contributed by atoms with van der Waals surface area (Å²) in [4.78, 5) is 31.2. The van der Waals surface area contributed by atoms with E-state index in [1.807, 2.05) is 55.6 Å². The molecule has 0 aliphatic carbocycles. The Morgan fingerprint density at radius 2 is 1.89 bits per heavy atom. The van der Waals surface area contributed by atoms with Gasteiger partial charge < -0.3 is 9.80 Å². The van der Waals surface area contributed by atoms with E-state index in [0.29, 0.717) is 30.0 Å². The van der Waals surface area contributed by atoms with Crippen molar-refractivity contribution >= 4 is 54.9 Å². The number of hydrogen-bond donors (Lipinski definition) is 1. The first kappa shape index (κ1) is 26.6. The van der Waals surface area contributed by atoms with Crippen LogP contribution in [0.4, 0.5) is 0 Å². The summed E-state index contributed by atoms with van der Waals surface area (Å²) in [6.07, 6.45) is 1.21. The number of amides is 2. The number of carbonyl (C=O) groups excluding carboxylic acids is 2. The molecular weight excluding hydrogens is 518 g/mol. The summed E-state index contributed by atoms with van der Waals surface area (Å²) in [5.74, 6) is -0.564. The second kappa shape index (κ2) is 10.5. The Hall–Kier alpha value is -2.46. The van der Waals surface area contributed by atoms with E-state index in [-0.39, 0.29) is 36.6 Å². The van der Waals surface area contributed by atoms with Gasteiger partial charge in [0, 0.05) is 33.6 Å². The van der Waals surface area contributed by atoms with E-state index in [1.165, 1.54) is 11.3 Å². The average Bonchev–Trinajstić information content (AvgIpc) is 3.25. The van der Waals surface area contributed by atoms with E-state index in [0.717, 1.165) is 15.6 Å². The third-order valence-electron chi connectivity index (χ3n) is 7.11. The Bertz CT molecular complexity index is 1370. The molecular formula is C26H30ClN3O4S2. The van der Waals surface area contributed by atoms with Gasteiger partial charge in [-0.2, -0.15) is 0 Å². The van der Waals surface area contributed by atoms with Crippen LogP contribution in [0.1, 0.15) is 55.1 Å². The molecule has 1 aliphatic heterocycles. The first-order valence-electron chi connectivity index (χ1n) is 11.9. The number of nitrogens with zero attached hydrogens (tertiary/aromatic N) is 2. The molecule has 0 saturated carbocycles. The van der Waals surface area contributed by atoms with Crippen molar-refractivity contribution in [3.05, 3.63) is 70.1 Å². The standard InChI is InChI=1S/C26H30ClN3O4S2/c1-3-26(13-15-30(26)24(31)22-17-35-23-8-5-4-7-21(22)23)25(32)29(14-6-16-36(28,33)34)18(2)19-9-11-20(27)12-10-19/h4-5,7-12,17-18H,3,6,13-16H2,1-2H3,(H2,28,33,34)/t18-,26+/m0/s1. The van der Waals surface area contributed by atoms with Crippen molar-refractivity contribution in [2.24, 2.45) is 5.14 Å². The normalized spacial score (nSPS) is 18.6. The largest absolute Gasteiger partial charge is 0.334 e. The summed E-state index contributed by atoms with van der Waals surface area (Å²) in [5, 5.41) is 8.54. The highest BCUT2D eigenvalue weighted by Gasteiger charge is 2.54. The highest BCUT2D eigenvalue weighted by molar-refractivity contribution is 7.89. The summed E-state index contributed by atoms with van der Waals surface area (Å²) < 4.78 is 24.2. The molecule has 0 unspecified atom stereocenters. The van der Waals surface area contributed by atoms with Gasteiger partial charge in [-0.3, -0.25) is 9.59 Å². The fourth-order valence-corrected chi connectivity index (χ4v) is 6.51. The fourth-order valence-electron chi connectivity index (χ4n) is 4.92. The number of rotatable bonds is 9. The van der Waals surface area contributed by atoms with Crippen LogP contribution in [0.15, 0.2) is 53.9 Å². The molecule has 1 aromatic heterocycles. The molecule has 0 bridgehead atoms. The predicted octanol–water partition coefficient (Wildman–Crippen LogP) is 4.82. The summed E-state index contributed by atoms with van der Waals surface area (Å²) in [6, 6.07) is 14.6. The highest BCUT2D eigenvalue weighted by Crippen LogP contribution is 2.40. The van der Waals surface area contributed by atoms with Crippen molar-refractivity contribution in [3.63, 3.8) is 0 Å². The van der Waals surface area contributed by atoms with E-state index < -0.39 is 15.6 Å². The molecule has 4 rings (SSSR count). The fraction of sp³-hybridized carbons (Fsp3) is 0.385. The first-order valence-corrected chi connectivity index (χ1v) is 14.9. The number of thiophene rings is 1. The van der Waals surface area contributed by atoms with Crippen LogP contribution in [-0.2, 0) is 14.8 Å². The molecule has 2 amide bonds. The molecule has 2 N–H and O–H groups in total. The number of benzene rings is 2. The number of likely N-dealkylation sites (tertiary alicyclic amines) is 1.